The quantitative estimate of drug-likeness (QED) is 0.765. The smallest absolute Gasteiger partial charge is 0.405 e. The summed E-state index contributed by atoms with van der Waals surface area (Å²) in [5, 5.41) is 0. The van der Waals surface area contributed by atoms with Gasteiger partial charge in [-0.05, 0) is 67.6 Å². The molecule has 0 aromatic heterocycles. The van der Waals surface area contributed by atoms with Gasteiger partial charge in [0.15, 0.2) is 0 Å². The highest BCUT2D eigenvalue weighted by molar-refractivity contribution is 5.73. The summed E-state index contributed by atoms with van der Waals surface area (Å²) in [6.07, 6.45) is 0.806. The van der Waals surface area contributed by atoms with E-state index in [1.807, 2.05) is 44.2 Å². The highest BCUT2D eigenvalue weighted by atomic mass is 16.6. The van der Waals surface area contributed by atoms with Crippen molar-refractivity contribution in [2.45, 2.75) is 52.7 Å². The lowest BCUT2D eigenvalue weighted by Crippen LogP contribution is -2.33. The zero-order valence-corrected chi connectivity index (χ0v) is 17.2. The van der Waals surface area contributed by atoms with Crippen LogP contribution in [-0.2, 0) is 11.2 Å². The number of rotatable bonds is 5. The third-order valence-electron chi connectivity index (χ3n) is 5.26. The Morgan fingerprint density at radius 2 is 1.86 bits per heavy atom. The van der Waals surface area contributed by atoms with Crippen molar-refractivity contribution in [3.8, 4) is 22.6 Å². The van der Waals surface area contributed by atoms with E-state index in [4.69, 9.17) is 19.9 Å². The van der Waals surface area contributed by atoms with Gasteiger partial charge < -0.3 is 19.9 Å². The Hall–Kier alpha value is -2.69. The number of primary amides is 1. The summed E-state index contributed by atoms with van der Waals surface area (Å²) in [5.74, 6) is 1.58. The molecule has 0 saturated heterocycles. The van der Waals surface area contributed by atoms with E-state index in [1.165, 1.54) is 0 Å². The molecule has 0 spiro atoms. The number of hydrogen-bond donors (Lipinski definition) is 1. The third kappa shape index (κ3) is 4.08. The molecule has 28 heavy (non-hydrogen) atoms. The standard InChI is InChI=1S/C23H29NO4/c1-14(2)27-17-8-6-15(7-9-17)18-12-16-10-11-23(3,4)21(28-22(24)25)19(16)13-20(18)26-5/h6-9,12-14,21H,10-11H2,1-5H3,(H2,24,25). The molecule has 0 saturated carbocycles. The first-order valence-electron chi connectivity index (χ1n) is 9.65. The predicted octanol–water partition coefficient (Wildman–Crippen LogP) is 5.26. The number of carbonyl (C=O) groups is 1. The van der Waals surface area contributed by atoms with E-state index < -0.39 is 12.2 Å². The van der Waals surface area contributed by atoms with Gasteiger partial charge in [-0.25, -0.2) is 4.79 Å². The van der Waals surface area contributed by atoms with Crippen LogP contribution in [0.15, 0.2) is 36.4 Å². The maximum atomic E-state index is 11.5. The summed E-state index contributed by atoms with van der Waals surface area (Å²) in [5.41, 5.74) is 9.33. The van der Waals surface area contributed by atoms with Crippen molar-refractivity contribution in [2.75, 3.05) is 7.11 Å². The maximum absolute atomic E-state index is 11.5. The van der Waals surface area contributed by atoms with Crippen LogP contribution in [0.5, 0.6) is 11.5 Å². The number of carbonyl (C=O) groups excluding carboxylic acids is 1. The topological polar surface area (TPSA) is 70.8 Å². The molecule has 3 rings (SSSR count). The van der Waals surface area contributed by atoms with Gasteiger partial charge in [-0.2, -0.15) is 0 Å². The van der Waals surface area contributed by atoms with E-state index in [-0.39, 0.29) is 11.5 Å². The second kappa shape index (κ2) is 7.74. The minimum absolute atomic E-state index is 0.134. The Balaban J connectivity index is 2.02. The highest BCUT2D eigenvalue weighted by Crippen LogP contribution is 2.48. The fraction of sp³-hybridized carbons (Fsp3) is 0.435. The SMILES string of the molecule is COc1cc2c(cc1-c1ccc(OC(C)C)cc1)CCC(C)(C)C2OC(N)=O. The molecule has 2 aromatic rings. The van der Waals surface area contributed by atoms with Crippen LogP contribution in [0.2, 0.25) is 0 Å². The third-order valence-corrected chi connectivity index (χ3v) is 5.26. The number of ether oxygens (including phenoxy) is 3. The molecule has 0 fully saturated rings. The van der Waals surface area contributed by atoms with Gasteiger partial charge >= 0.3 is 6.09 Å². The summed E-state index contributed by atoms with van der Waals surface area (Å²) in [6.45, 7) is 8.20. The Morgan fingerprint density at radius 1 is 1.18 bits per heavy atom. The lowest BCUT2D eigenvalue weighted by Gasteiger charge is -2.39. The summed E-state index contributed by atoms with van der Waals surface area (Å²) in [4.78, 5) is 11.5. The van der Waals surface area contributed by atoms with Gasteiger partial charge in [-0.15, -0.1) is 0 Å². The van der Waals surface area contributed by atoms with E-state index in [0.29, 0.717) is 0 Å². The molecule has 5 nitrogen and oxygen atoms in total. The molecule has 5 heteroatoms. The van der Waals surface area contributed by atoms with Gasteiger partial charge in [0.05, 0.1) is 13.2 Å². The van der Waals surface area contributed by atoms with Crippen LogP contribution in [0.25, 0.3) is 11.1 Å². The molecule has 1 amide bonds. The lowest BCUT2D eigenvalue weighted by molar-refractivity contribution is 0.0145. The number of methoxy groups -OCH3 is 1. The molecule has 1 aliphatic carbocycles. The number of amides is 1. The molecule has 1 aliphatic rings. The van der Waals surface area contributed by atoms with E-state index >= 15 is 0 Å². The van der Waals surface area contributed by atoms with Crippen LogP contribution in [-0.4, -0.2) is 19.3 Å². The van der Waals surface area contributed by atoms with Crippen LogP contribution >= 0.6 is 0 Å². The second-order valence-corrected chi connectivity index (χ2v) is 8.25. The molecule has 0 bridgehead atoms. The summed E-state index contributed by atoms with van der Waals surface area (Å²) in [6, 6.07) is 12.1. The molecule has 2 N–H and O–H groups in total. The zero-order valence-electron chi connectivity index (χ0n) is 17.2. The van der Waals surface area contributed by atoms with Gasteiger partial charge in [0.1, 0.15) is 17.6 Å². The number of aryl methyl sites for hydroxylation is 1. The Bertz CT molecular complexity index is 856. The maximum Gasteiger partial charge on any atom is 0.405 e. The van der Waals surface area contributed by atoms with E-state index in [9.17, 15) is 4.79 Å². The zero-order chi connectivity index (χ0) is 20.5. The van der Waals surface area contributed by atoms with Crippen molar-refractivity contribution in [2.24, 2.45) is 11.1 Å². The average molecular weight is 383 g/mol. The van der Waals surface area contributed by atoms with Gasteiger partial charge in [-0.1, -0.05) is 26.0 Å². The number of hydrogen-bond acceptors (Lipinski definition) is 4. The van der Waals surface area contributed by atoms with Crippen LogP contribution < -0.4 is 15.2 Å². The summed E-state index contributed by atoms with van der Waals surface area (Å²) in [7, 11) is 1.65. The minimum Gasteiger partial charge on any atom is -0.496 e. The summed E-state index contributed by atoms with van der Waals surface area (Å²) >= 11 is 0. The summed E-state index contributed by atoms with van der Waals surface area (Å²) < 4.78 is 16.9. The number of fused-ring (bicyclic) bond motifs is 1. The fourth-order valence-electron chi connectivity index (χ4n) is 3.83. The molecule has 0 radical (unpaired) electrons. The Kier molecular flexibility index (Phi) is 5.54. The molecule has 1 unspecified atom stereocenters. The second-order valence-electron chi connectivity index (χ2n) is 8.25. The Morgan fingerprint density at radius 3 is 2.43 bits per heavy atom. The van der Waals surface area contributed by atoms with Gasteiger partial charge in [-0.3, -0.25) is 0 Å². The normalized spacial score (nSPS) is 17.7. The number of benzene rings is 2. The number of nitrogens with two attached hydrogens (primary N) is 1. The van der Waals surface area contributed by atoms with Crippen molar-refractivity contribution >= 4 is 6.09 Å². The molecular formula is C23H29NO4. The van der Waals surface area contributed by atoms with Gasteiger partial charge in [0, 0.05) is 11.0 Å². The van der Waals surface area contributed by atoms with Crippen molar-refractivity contribution < 1.29 is 19.0 Å². The van der Waals surface area contributed by atoms with Gasteiger partial charge in [0.2, 0.25) is 0 Å². The van der Waals surface area contributed by atoms with Crippen molar-refractivity contribution in [3.05, 3.63) is 47.5 Å². The predicted molar refractivity (Wildman–Crippen MR) is 110 cm³/mol. The average Bonchev–Trinajstić information content (AvgIpc) is 2.63. The van der Waals surface area contributed by atoms with E-state index in [1.54, 1.807) is 7.11 Å². The Labute approximate surface area is 166 Å². The van der Waals surface area contributed by atoms with E-state index in [2.05, 4.69) is 19.9 Å². The molecule has 150 valence electrons. The van der Waals surface area contributed by atoms with Crippen LogP contribution in [0.4, 0.5) is 4.79 Å². The minimum atomic E-state index is -0.755. The fourth-order valence-corrected chi connectivity index (χ4v) is 3.83. The molecule has 0 aliphatic heterocycles. The van der Waals surface area contributed by atoms with E-state index in [0.717, 1.165) is 46.6 Å². The molecule has 0 heterocycles. The van der Waals surface area contributed by atoms with Crippen molar-refractivity contribution in [1.29, 1.82) is 0 Å². The highest BCUT2D eigenvalue weighted by Gasteiger charge is 2.39. The van der Waals surface area contributed by atoms with Crippen LogP contribution in [0, 0.1) is 5.41 Å². The molecular weight excluding hydrogens is 354 g/mol. The van der Waals surface area contributed by atoms with Crippen LogP contribution in [0.3, 0.4) is 0 Å². The van der Waals surface area contributed by atoms with Gasteiger partial charge in [0.25, 0.3) is 0 Å². The first kappa shape index (κ1) is 20.1. The monoisotopic (exact) mass is 383 g/mol. The van der Waals surface area contributed by atoms with Crippen LogP contribution in [0.1, 0.15) is 51.3 Å². The van der Waals surface area contributed by atoms with Crippen molar-refractivity contribution in [3.63, 3.8) is 0 Å². The lowest BCUT2D eigenvalue weighted by atomic mass is 9.71. The largest absolute Gasteiger partial charge is 0.496 e. The van der Waals surface area contributed by atoms with Crippen molar-refractivity contribution in [1.82, 2.24) is 0 Å². The first-order valence-corrected chi connectivity index (χ1v) is 9.65. The molecule has 1 atom stereocenters. The first-order chi connectivity index (χ1) is 13.2. The molecule has 2 aromatic carbocycles.